The molecule has 0 saturated carbocycles. The summed E-state index contributed by atoms with van der Waals surface area (Å²) in [7, 11) is -2.59. The lowest BCUT2D eigenvalue weighted by Crippen LogP contribution is -2.58. The summed E-state index contributed by atoms with van der Waals surface area (Å²) in [6.45, 7) is 4.56. The Morgan fingerprint density at radius 1 is 1.14 bits per heavy atom. The van der Waals surface area contributed by atoms with Crippen molar-refractivity contribution in [1.29, 1.82) is 0 Å². The zero-order valence-electron chi connectivity index (χ0n) is 24.5. The van der Waals surface area contributed by atoms with Gasteiger partial charge in [0.05, 0.1) is 43.4 Å². The van der Waals surface area contributed by atoms with E-state index in [1.54, 1.807) is 12.1 Å². The van der Waals surface area contributed by atoms with Gasteiger partial charge in [-0.05, 0) is 61.1 Å². The minimum Gasteiger partial charge on any atom is -0.497 e. The molecule has 2 aliphatic heterocycles. The van der Waals surface area contributed by atoms with Gasteiger partial charge >= 0.3 is 6.09 Å². The molecule has 4 N–H and O–H groups in total. The van der Waals surface area contributed by atoms with Crippen molar-refractivity contribution in [3.8, 4) is 5.75 Å². The quantitative estimate of drug-likeness (QED) is 0.295. The third-order valence-electron chi connectivity index (χ3n) is 8.19. The summed E-state index contributed by atoms with van der Waals surface area (Å²) >= 11 is 0. The van der Waals surface area contributed by atoms with E-state index < -0.39 is 46.0 Å². The fourth-order valence-corrected chi connectivity index (χ4v) is 7.60. The molecule has 2 aromatic carbocycles. The van der Waals surface area contributed by atoms with E-state index in [9.17, 15) is 23.4 Å². The van der Waals surface area contributed by atoms with E-state index >= 15 is 0 Å². The van der Waals surface area contributed by atoms with Gasteiger partial charge in [0.1, 0.15) is 5.75 Å². The Bertz CT molecular complexity index is 1280. The van der Waals surface area contributed by atoms with Gasteiger partial charge in [0.15, 0.2) is 6.29 Å². The Morgan fingerprint density at radius 3 is 2.45 bits per heavy atom. The van der Waals surface area contributed by atoms with Gasteiger partial charge in [-0.25, -0.2) is 13.2 Å². The Hall–Kier alpha value is -2.74. The number of nitrogens with two attached hydrogens (primary N) is 1. The number of amides is 1. The molecule has 12 heteroatoms. The smallest absolute Gasteiger partial charge is 0.407 e. The molecule has 5 atom stereocenters. The fraction of sp³-hybridized carbons (Fsp3) is 0.567. The highest BCUT2D eigenvalue weighted by atomic mass is 32.2. The molecule has 42 heavy (non-hydrogen) atoms. The third kappa shape index (κ3) is 7.42. The zero-order valence-corrected chi connectivity index (χ0v) is 25.3. The van der Waals surface area contributed by atoms with Gasteiger partial charge in [-0.3, -0.25) is 4.90 Å². The monoisotopic (exact) mass is 605 g/mol. The first-order valence-electron chi connectivity index (χ1n) is 14.3. The number of rotatable bonds is 14. The highest BCUT2D eigenvalue weighted by Gasteiger charge is 2.49. The average molecular weight is 606 g/mol. The Kier molecular flexibility index (Phi) is 10.5. The summed E-state index contributed by atoms with van der Waals surface area (Å²) in [6, 6.07) is 13.8. The van der Waals surface area contributed by atoms with Crippen LogP contribution in [-0.2, 0) is 25.9 Å². The summed E-state index contributed by atoms with van der Waals surface area (Å²) in [4.78, 5) is 14.2. The number of carboxylic acid groups (broad SMARTS) is 1. The number of nitrogens with zero attached hydrogens (tertiary/aromatic N) is 2. The Balaban J connectivity index is 1.70. The second-order valence-corrected chi connectivity index (χ2v) is 13.7. The summed E-state index contributed by atoms with van der Waals surface area (Å²) in [5.41, 5.74) is 6.15. The number of aliphatic hydroxyl groups excluding tert-OH is 1. The molecule has 2 aromatic rings. The number of hydrogen-bond donors (Lipinski definition) is 3. The van der Waals surface area contributed by atoms with Gasteiger partial charge in [-0.15, -0.1) is 0 Å². The van der Waals surface area contributed by atoms with E-state index in [2.05, 4.69) is 0 Å². The van der Waals surface area contributed by atoms with Gasteiger partial charge in [-0.2, -0.15) is 4.31 Å². The molecule has 0 bridgehead atoms. The maximum atomic E-state index is 14.0. The van der Waals surface area contributed by atoms with E-state index in [0.717, 1.165) is 5.56 Å². The number of sulfonamides is 1. The summed E-state index contributed by atoms with van der Waals surface area (Å²) in [6.07, 6.45) is -1.68. The van der Waals surface area contributed by atoms with E-state index in [1.165, 1.54) is 28.4 Å². The standard InChI is InChI=1S/C30H43N3O8S/c1-30(2,14-15-31)20-32(42(37,38)23-11-9-22(39-3)10-12-23)18-27(34)25(17-21-7-5-4-6-8-21)33(29(35)36)26-19-41-28-24(26)13-16-40-28/h4-12,24-28,34H,13-20,31H2,1-3H3,(H,35,36)/t24-,25-,26-,27+,28+/m0/s1. The predicted octanol–water partition coefficient (Wildman–Crippen LogP) is 2.77. The Labute approximate surface area is 248 Å². The molecule has 4 rings (SSSR count). The zero-order chi connectivity index (χ0) is 30.5. The third-order valence-corrected chi connectivity index (χ3v) is 10.0. The van der Waals surface area contributed by atoms with Crippen LogP contribution in [0.4, 0.5) is 4.79 Å². The molecular weight excluding hydrogens is 562 g/mol. The average Bonchev–Trinajstić information content (AvgIpc) is 3.57. The SMILES string of the molecule is COc1ccc(S(=O)(=O)N(C[C@@H](O)[C@H](Cc2ccccc2)N(C(=O)O)[C@H]2CO[C@H]3OCC[C@H]32)CC(C)(C)CCN)cc1. The number of aliphatic hydroxyl groups is 1. The first kappa shape index (κ1) is 32.2. The van der Waals surface area contributed by atoms with Crippen molar-refractivity contribution in [3.63, 3.8) is 0 Å². The van der Waals surface area contributed by atoms with Gasteiger partial charge in [0.25, 0.3) is 0 Å². The van der Waals surface area contributed by atoms with Crippen LogP contribution < -0.4 is 10.5 Å². The van der Waals surface area contributed by atoms with Gasteiger partial charge < -0.3 is 30.2 Å². The molecule has 0 aliphatic carbocycles. The molecule has 2 fully saturated rings. The molecular formula is C30H43N3O8S. The minimum absolute atomic E-state index is 0.0453. The summed E-state index contributed by atoms with van der Waals surface area (Å²) in [5.74, 6) is 0.339. The van der Waals surface area contributed by atoms with Crippen LogP contribution in [0.3, 0.4) is 0 Å². The van der Waals surface area contributed by atoms with Crippen LogP contribution in [0, 0.1) is 11.3 Å². The molecule has 0 aromatic heterocycles. The van der Waals surface area contributed by atoms with Crippen molar-refractivity contribution in [2.45, 2.75) is 62.5 Å². The van der Waals surface area contributed by atoms with Crippen LogP contribution >= 0.6 is 0 Å². The van der Waals surface area contributed by atoms with Crippen molar-refractivity contribution < 1.29 is 37.6 Å². The largest absolute Gasteiger partial charge is 0.497 e. The molecule has 2 aliphatic rings. The topological polar surface area (TPSA) is 152 Å². The van der Waals surface area contributed by atoms with Crippen molar-refractivity contribution >= 4 is 16.1 Å². The summed E-state index contributed by atoms with van der Waals surface area (Å²) in [5, 5.41) is 22.3. The molecule has 232 valence electrons. The van der Waals surface area contributed by atoms with E-state index in [0.29, 0.717) is 31.7 Å². The Morgan fingerprint density at radius 2 is 1.83 bits per heavy atom. The highest BCUT2D eigenvalue weighted by Crippen LogP contribution is 2.36. The van der Waals surface area contributed by atoms with Crippen LogP contribution in [0.5, 0.6) is 5.75 Å². The number of benzene rings is 2. The van der Waals surface area contributed by atoms with Gasteiger partial charge in [0.2, 0.25) is 10.0 Å². The maximum absolute atomic E-state index is 14.0. The first-order chi connectivity index (χ1) is 20.0. The van der Waals surface area contributed by atoms with Crippen molar-refractivity contribution in [2.75, 3.05) is 40.0 Å². The van der Waals surface area contributed by atoms with E-state index in [-0.39, 0.29) is 36.9 Å². The highest BCUT2D eigenvalue weighted by molar-refractivity contribution is 7.89. The van der Waals surface area contributed by atoms with Gasteiger partial charge in [-0.1, -0.05) is 44.2 Å². The molecule has 2 saturated heterocycles. The van der Waals surface area contributed by atoms with E-state index in [1.807, 2.05) is 44.2 Å². The lowest BCUT2D eigenvalue weighted by molar-refractivity contribution is -0.0906. The number of hydrogen-bond acceptors (Lipinski definition) is 8. The second-order valence-electron chi connectivity index (χ2n) is 11.8. The lowest BCUT2D eigenvalue weighted by atomic mass is 9.89. The van der Waals surface area contributed by atoms with Gasteiger partial charge in [0, 0.05) is 19.0 Å². The fourth-order valence-electron chi connectivity index (χ4n) is 5.96. The number of carbonyl (C=O) groups is 1. The van der Waals surface area contributed by atoms with Crippen molar-refractivity contribution in [1.82, 2.24) is 9.21 Å². The maximum Gasteiger partial charge on any atom is 0.407 e. The number of methoxy groups -OCH3 is 1. The lowest BCUT2D eigenvalue weighted by Gasteiger charge is -2.40. The number of fused-ring (bicyclic) bond motifs is 1. The van der Waals surface area contributed by atoms with Crippen LogP contribution in [0.25, 0.3) is 0 Å². The molecule has 1 amide bonds. The predicted molar refractivity (Wildman–Crippen MR) is 157 cm³/mol. The first-order valence-corrected chi connectivity index (χ1v) is 15.7. The van der Waals surface area contributed by atoms with Crippen molar-refractivity contribution in [3.05, 3.63) is 60.2 Å². The minimum atomic E-state index is -4.09. The van der Waals surface area contributed by atoms with Crippen LogP contribution in [0.2, 0.25) is 0 Å². The van der Waals surface area contributed by atoms with E-state index in [4.69, 9.17) is 19.9 Å². The molecule has 0 spiro atoms. The van der Waals surface area contributed by atoms with Crippen molar-refractivity contribution in [2.24, 2.45) is 17.1 Å². The summed E-state index contributed by atoms with van der Waals surface area (Å²) < 4.78 is 45.9. The molecule has 0 radical (unpaired) electrons. The van der Waals surface area contributed by atoms with Crippen LogP contribution in [-0.4, -0.2) is 98.4 Å². The second kappa shape index (κ2) is 13.7. The molecule has 2 heterocycles. The molecule has 0 unspecified atom stereocenters. The van der Waals surface area contributed by atoms with Crippen LogP contribution in [0.1, 0.15) is 32.3 Å². The normalized spacial score (nSPS) is 22.1. The number of ether oxygens (including phenoxy) is 3. The van der Waals surface area contributed by atoms with Crippen LogP contribution in [0.15, 0.2) is 59.5 Å². The molecule has 11 nitrogen and oxygen atoms in total.